The molecule has 2 heterocycles. The van der Waals surface area contributed by atoms with E-state index in [9.17, 15) is 9.59 Å². The number of aromatic nitrogens is 3. The molecule has 0 bridgehead atoms. The van der Waals surface area contributed by atoms with E-state index in [0.29, 0.717) is 25.5 Å². The third-order valence-electron chi connectivity index (χ3n) is 6.36. The summed E-state index contributed by atoms with van der Waals surface area (Å²) < 4.78 is 1.71. The molecule has 178 valence electrons. The van der Waals surface area contributed by atoms with Crippen LogP contribution in [0.15, 0.2) is 24.3 Å². The molecule has 1 aromatic carbocycles. The molecule has 1 aliphatic carbocycles. The van der Waals surface area contributed by atoms with E-state index in [-0.39, 0.29) is 66.8 Å². The molecule has 2 amide bonds. The average molecular weight is 526 g/mol. The summed E-state index contributed by atoms with van der Waals surface area (Å²) in [5, 5.41) is 8.72. The van der Waals surface area contributed by atoms with Crippen molar-refractivity contribution in [2.75, 3.05) is 13.1 Å². The maximum absolute atomic E-state index is 13.0. The third kappa shape index (κ3) is 5.31. The van der Waals surface area contributed by atoms with Crippen LogP contribution in [0.5, 0.6) is 0 Å². The summed E-state index contributed by atoms with van der Waals surface area (Å²) in [7, 11) is 0. The van der Waals surface area contributed by atoms with Crippen LogP contribution in [-0.4, -0.2) is 50.6 Å². The molecule has 0 unspecified atom stereocenters. The highest BCUT2D eigenvalue weighted by molar-refractivity contribution is 6.30. The standard InChI is InChI=1S/C20H25ClN6O2.3ClH/c21-14-3-1-2-13(10-14)20(12-22)6-4-15(5-7-20)26-8-9-27-17(11-16(23)28)24-25-18(27)19(26)29;;;/h1-3,10,15H,4-9,11-12,22H2,(H2,23,28);3*1H/t15-,20+;;;. The zero-order valence-electron chi connectivity index (χ0n) is 17.4. The molecule has 1 aliphatic heterocycles. The van der Waals surface area contributed by atoms with Gasteiger partial charge < -0.3 is 20.9 Å². The number of hydrogen-bond donors (Lipinski definition) is 2. The number of rotatable bonds is 5. The van der Waals surface area contributed by atoms with Crippen LogP contribution in [-0.2, 0) is 23.2 Å². The number of nitrogens with zero attached hydrogens (tertiary/aromatic N) is 4. The van der Waals surface area contributed by atoms with Gasteiger partial charge in [-0.05, 0) is 43.4 Å². The Bertz CT molecular complexity index is 946. The minimum Gasteiger partial charge on any atom is -0.369 e. The predicted octanol–water partition coefficient (Wildman–Crippen LogP) is 2.52. The zero-order valence-corrected chi connectivity index (χ0v) is 20.6. The number of fused-ring (bicyclic) bond motifs is 1. The minimum atomic E-state index is -0.485. The van der Waals surface area contributed by atoms with E-state index < -0.39 is 5.91 Å². The summed E-state index contributed by atoms with van der Waals surface area (Å²) in [4.78, 5) is 26.1. The van der Waals surface area contributed by atoms with Gasteiger partial charge in [-0.1, -0.05) is 23.7 Å². The molecule has 1 fully saturated rings. The second-order valence-corrected chi connectivity index (χ2v) is 8.40. The van der Waals surface area contributed by atoms with Gasteiger partial charge in [-0.2, -0.15) is 0 Å². The normalized spacial score (nSPS) is 22.1. The zero-order chi connectivity index (χ0) is 20.6. The highest BCUT2D eigenvalue weighted by atomic mass is 35.5. The van der Waals surface area contributed by atoms with Gasteiger partial charge in [-0.15, -0.1) is 47.4 Å². The lowest BCUT2D eigenvalue weighted by atomic mass is 9.68. The maximum Gasteiger partial charge on any atom is 0.292 e. The fourth-order valence-electron chi connectivity index (χ4n) is 4.70. The monoisotopic (exact) mass is 524 g/mol. The fourth-order valence-corrected chi connectivity index (χ4v) is 4.89. The topological polar surface area (TPSA) is 120 Å². The summed E-state index contributed by atoms with van der Waals surface area (Å²) in [6.45, 7) is 1.70. The van der Waals surface area contributed by atoms with Gasteiger partial charge in [0.15, 0.2) is 0 Å². The van der Waals surface area contributed by atoms with Crippen LogP contribution in [0.2, 0.25) is 5.02 Å². The van der Waals surface area contributed by atoms with Crippen LogP contribution < -0.4 is 11.5 Å². The molecule has 4 rings (SSSR count). The van der Waals surface area contributed by atoms with Gasteiger partial charge >= 0.3 is 0 Å². The van der Waals surface area contributed by atoms with Crippen molar-refractivity contribution in [2.24, 2.45) is 11.5 Å². The Morgan fingerprint density at radius 1 is 1.16 bits per heavy atom. The Labute approximate surface area is 210 Å². The molecule has 4 N–H and O–H groups in total. The molecule has 1 aromatic heterocycles. The molecular weight excluding hydrogens is 498 g/mol. The average Bonchev–Trinajstić information content (AvgIpc) is 3.11. The first kappa shape index (κ1) is 28.5. The molecule has 2 aromatic rings. The lowest BCUT2D eigenvalue weighted by Crippen LogP contribution is -2.51. The molecule has 0 radical (unpaired) electrons. The van der Waals surface area contributed by atoms with Crippen molar-refractivity contribution < 1.29 is 9.59 Å². The summed E-state index contributed by atoms with van der Waals surface area (Å²) in [5.41, 5.74) is 12.5. The van der Waals surface area contributed by atoms with E-state index in [1.54, 1.807) is 4.57 Å². The van der Waals surface area contributed by atoms with Crippen molar-refractivity contribution in [2.45, 2.75) is 50.1 Å². The molecule has 0 saturated heterocycles. The van der Waals surface area contributed by atoms with Gasteiger partial charge in [0.2, 0.25) is 11.7 Å². The van der Waals surface area contributed by atoms with Gasteiger partial charge in [0.05, 0.1) is 6.42 Å². The summed E-state index contributed by atoms with van der Waals surface area (Å²) in [6.07, 6.45) is 3.54. The Morgan fingerprint density at radius 3 is 2.44 bits per heavy atom. The third-order valence-corrected chi connectivity index (χ3v) is 6.59. The van der Waals surface area contributed by atoms with Crippen LogP contribution in [0.25, 0.3) is 0 Å². The summed E-state index contributed by atoms with van der Waals surface area (Å²) in [6, 6.07) is 8.07. The van der Waals surface area contributed by atoms with Gasteiger partial charge in [-0.3, -0.25) is 9.59 Å². The Morgan fingerprint density at radius 2 is 1.84 bits per heavy atom. The number of carbonyl (C=O) groups excluding carboxylic acids is 2. The van der Waals surface area contributed by atoms with Gasteiger partial charge in [0.25, 0.3) is 5.91 Å². The van der Waals surface area contributed by atoms with Crippen LogP contribution in [0.3, 0.4) is 0 Å². The molecular formula is C20H28Cl4N6O2. The van der Waals surface area contributed by atoms with Crippen molar-refractivity contribution in [3.05, 3.63) is 46.5 Å². The number of halogens is 4. The van der Waals surface area contributed by atoms with Crippen molar-refractivity contribution in [1.82, 2.24) is 19.7 Å². The molecule has 0 atom stereocenters. The van der Waals surface area contributed by atoms with E-state index in [1.807, 2.05) is 23.1 Å². The minimum absolute atomic E-state index is 0. The number of benzene rings is 1. The van der Waals surface area contributed by atoms with E-state index in [1.165, 1.54) is 5.56 Å². The number of hydrogen-bond acceptors (Lipinski definition) is 5. The number of nitrogens with two attached hydrogens (primary N) is 2. The van der Waals surface area contributed by atoms with Gasteiger partial charge in [0, 0.05) is 36.1 Å². The predicted molar refractivity (Wildman–Crippen MR) is 130 cm³/mol. The molecule has 12 heteroatoms. The highest BCUT2D eigenvalue weighted by Crippen LogP contribution is 2.41. The number of primary amides is 1. The second-order valence-electron chi connectivity index (χ2n) is 7.96. The first-order valence-electron chi connectivity index (χ1n) is 9.91. The maximum atomic E-state index is 13.0. The van der Waals surface area contributed by atoms with E-state index >= 15 is 0 Å². The second kappa shape index (κ2) is 11.5. The van der Waals surface area contributed by atoms with E-state index in [0.717, 1.165) is 30.7 Å². The smallest absolute Gasteiger partial charge is 0.292 e. The molecule has 2 aliphatic rings. The van der Waals surface area contributed by atoms with Crippen LogP contribution >= 0.6 is 48.8 Å². The first-order valence-corrected chi connectivity index (χ1v) is 10.3. The highest BCUT2D eigenvalue weighted by Gasteiger charge is 2.40. The van der Waals surface area contributed by atoms with E-state index in [2.05, 4.69) is 16.3 Å². The van der Waals surface area contributed by atoms with Crippen molar-refractivity contribution in [1.29, 1.82) is 0 Å². The van der Waals surface area contributed by atoms with Crippen molar-refractivity contribution in [3.8, 4) is 0 Å². The van der Waals surface area contributed by atoms with Crippen molar-refractivity contribution in [3.63, 3.8) is 0 Å². The van der Waals surface area contributed by atoms with Gasteiger partial charge in [-0.25, -0.2) is 0 Å². The Hall–Kier alpha value is -1.58. The van der Waals surface area contributed by atoms with E-state index in [4.69, 9.17) is 23.1 Å². The number of amides is 2. The molecule has 0 spiro atoms. The Kier molecular flexibility index (Phi) is 10.2. The fraction of sp³-hybridized carbons (Fsp3) is 0.500. The van der Waals surface area contributed by atoms with Gasteiger partial charge in [0.1, 0.15) is 5.82 Å². The lowest BCUT2D eigenvalue weighted by molar-refractivity contribution is -0.117. The lowest BCUT2D eigenvalue weighted by Gasteiger charge is -2.44. The molecule has 32 heavy (non-hydrogen) atoms. The quantitative estimate of drug-likeness (QED) is 0.621. The van der Waals surface area contributed by atoms with Crippen molar-refractivity contribution >= 4 is 60.6 Å². The first-order chi connectivity index (χ1) is 13.9. The summed E-state index contributed by atoms with van der Waals surface area (Å²) in [5.74, 6) is 0.124. The number of carbonyl (C=O) groups is 2. The largest absolute Gasteiger partial charge is 0.369 e. The van der Waals surface area contributed by atoms with Crippen LogP contribution in [0.1, 0.15) is 47.7 Å². The Balaban J connectivity index is 0.00000171. The summed E-state index contributed by atoms with van der Waals surface area (Å²) >= 11 is 6.20. The SMILES string of the molecule is Cl.Cl.Cl.NC[C@]1(c2cccc(Cl)c2)CC[C@@H](N2CCn3c(CC(N)=O)nnc3C2=O)CC1. The van der Waals surface area contributed by atoms with Crippen LogP contribution in [0, 0.1) is 0 Å². The molecule has 8 nitrogen and oxygen atoms in total. The van der Waals surface area contributed by atoms with Crippen LogP contribution in [0.4, 0.5) is 0 Å². The molecule has 1 saturated carbocycles.